The number of hydrogen-bond donors (Lipinski definition) is 2. The lowest BCUT2D eigenvalue weighted by Gasteiger charge is -2.32. The largest absolute Gasteiger partial charge is 0.360 e. The summed E-state index contributed by atoms with van der Waals surface area (Å²) < 4.78 is 1.29. The Bertz CT molecular complexity index is 1630. The fourth-order valence-corrected chi connectivity index (χ4v) is 6.74. The Morgan fingerprint density at radius 1 is 1.06 bits per heavy atom. The Balaban J connectivity index is 1.51. The maximum Gasteiger partial charge on any atom is 0.114 e. The minimum Gasteiger partial charge on any atom is -0.360 e. The molecule has 7 heteroatoms. The zero-order chi connectivity index (χ0) is 22.6. The highest BCUT2D eigenvalue weighted by molar-refractivity contribution is 8.22. The third kappa shape index (κ3) is 3.11. The molecule has 166 valence electrons. The number of rotatable bonds is 3. The van der Waals surface area contributed by atoms with Crippen molar-refractivity contribution < 1.29 is 0 Å². The van der Waals surface area contributed by atoms with Gasteiger partial charge in [-0.15, -0.1) is 11.8 Å². The maximum atomic E-state index is 5.22. The predicted octanol–water partition coefficient (Wildman–Crippen LogP) is 6.87. The standard InChI is InChI=1S/C27H21N5S2/c1-33-27-19-15-32(14-16-7-3-2-4-8-16)26-18-11-17-13-28-31-21(17)12-22(18)30-25(26)24(19)29-20-9-5-6-10-23(20)34-27/h2-13,28,31H,14-15H2,1H3. The molecular weight excluding hydrogens is 458 g/mol. The van der Waals surface area contributed by atoms with Gasteiger partial charge in [0.05, 0.1) is 32.4 Å². The fourth-order valence-electron chi connectivity index (χ4n) is 4.88. The lowest BCUT2D eigenvalue weighted by molar-refractivity contribution is 0.850. The number of para-hydroxylation sites is 1. The van der Waals surface area contributed by atoms with Gasteiger partial charge in [-0.1, -0.05) is 54.2 Å². The molecule has 4 heterocycles. The molecule has 0 atom stereocenters. The van der Waals surface area contributed by atoms with E-state index >= 15 is 0 Å². The van der Waals surface area contributed by atoms with E-state index in [0.29, 0.717) is 0 Å². The van der Waals surface area contributed by atoms with Crippen LogP contribution in [0, 0.1) is 0 Å². The minimum absolute atomic E-state index is 0.802. The van der Waals surface area contributed by atoms with Crippen LogP contribution in [0.2, 0.25) is 0 Å². The summed E-state index contributed by atoms with van der Waals surface area (Å²) in [4.78, 5) is 14.1. The first-order valence-electron chi connectivity index (χ1n) is 11.2. The van der Waals surface area contributed by atoms with Crippen molar-refractivity contribution in [3.8, 4) is 0 Å². The van der Waals surface area contributed by atoms with Gasteiger partial charge >= 0.3 is 0 Å². The Morgan fingerprint density at radius 2 is 1.91 bits per heavy atom. The van der Waals surface area contributed by atoms with Gasteiger partial charge in [-0.3, -0.25) is 0 Å². The third-order valence-corrected chi connectivity index (χ3v) is 8.80. The van der Waals surface area contributed by atoms with Gasteiger partial charge in [-0.05, 0) is 36.1 Å². The van der Waals surface area contributed by atoms with Crippen LogP contribution in [0.25, 0.3) is 21.8 Å². The summed E-state index contributed by atoms with van der Waals surface area (Å²) in [6.45, 7) is 1.62. The van der Waals surface area contributed by atoms with Crippen molar-refractivity contribution in [2.75, 3.05) is 17.7 Å². The van der Waals surface area contributed by atoms with Crippen LogP contribution in [0.15, 0.2) is 92.6 Å². The number of aliphatic imine (C=N–C) groups is 1. The van der Waals surface area contributed by atoms with Gasteiger partial charge in [0.15, 0.2) is 0 Å². The highest BCUT2D eigenvalue weighted by Gasteiger charge is 2.34. The van der Waals surface area contributed by atoms with E-state index in [0.717, 1.165) is 46.6 Å². The monoisotopic (exact) mass is 479 g/mol. The second-order valence-corrected chi connectivity index (χ2v) is 10.6. The Hall–Kier alpha value is -3.42. The SMILES string of the molecule is CSC1=C2CN(Cc3ccccc3)c3c(nc4cc5[nH][nH]cc5cc34)C2=Nc2ccccc2S1. The predicted molar refractivity (Wildman–Crippen MR) is 144 cm³/mol. The lowest BCUT2D eigenvalue weighted by atomic mass is 9.99. The zero-order valence-corrected chi connectivity index (χ0v) is 20.1. The first-order valence-corrected chi connectivity index (χ1v) is 13.2. The average Bonchev–Trinajstić information content (AvgIpc) is 3.43. The molecule has 5 aromatic rings. The molecule has 0 aliphatic carbocycles. The Kier molecular flexibility index (Phi) is 4.60. The highest BCUT2D eigenvalue weighted by Crippen LogP contribution is 2.48. The van der Waals surface area contributed by atoms with E-state index in [2.05, 4.69) is 88.1 Å². The summed E-state index contributed by atoms with van der Waals surface area (Å²) in [5.41, 5.74) is 8.77. The Labute approximate surface area is 205 Å². The summed E-state index contributed by atoms with van der Waals surface area (Å²) in [5.74, 6) is 0. The zero-order valence-electron chi connectivity index (χ0n) is 18.5. The van der Waals surface area contributed by atoms with Crippen LogP contribution in [0.1, 0.15) is 11.3 Å². The number of nitrogens with zero attached hydrogens (tertiary/aromatic N) is 3. The number of fused-ring (bicyclic) bond motifs is 7. The summed E-state index contributed by atoms with van der Waals surface area (Å²) in [7, 11) is 0. The van der Waals surface area contributed by atoms with Crippen LogP contribution in [-0.2, 0) is 6.54 Å². The molecule has 0 radical (unpaired) electrons. The van der Waals surface area contributed by atoms with E-state index in [4.69, 9.17) is 9.98 Å². The smallest absolute Gasteiger partial charge is 0.114 e. The van der Waals surface area contributed by atoms with Crippen molar-refractivity contribution in [3.05, 3.63) is 94.0 Å². The second-order valence-electron chi connectivity index (χ2n) is 8.52. The minimum atomic E-state index is 0.802. The molecule has 0 bridgehead atoms. The van der Waals surface area contributed by atoms with Crippen molar-refractivity contribution in [2.45, 2.75) is 11.4 Å². The second kappa shape index (κ2) is 7.82. The third-order valence-electron chi connectivity index (χ3n) is 6.44. The summed E-state index contributed by atoms with van der Waals surface area (Å²) in [6, 6.07) is 23.5. The number of nitrogens with one attached hydrogen (secondary N) is 2. The molecule has 0 spiro atoms. The van der Waals surface area contributed by atoms with Gasteiger partial charge in [-0.25, -0.2) is 9.98 Å². The van der Waals surface area contributed by atoms with E-state index in [-0.39, 0.29) is 0 Å². The summed E-state index contributed by atoms with van der Waals surface area (Å²) in [5, 5.41) is 8.64. The molecule has 2 aliphatic heterocycles. The molecule has 0 fully saturated rings. The number of hydrogen-bond acceptors (Lipinski definition) is 5. The van der Waals surface area contributed by atoms with Crippen LogP contribution in [0.4, 0.5) is 11.4 Å². The Morgan fingerprint density at radius 3 is 2.79 bits per heavy atom. The average molecular weight is 480 g/mol. The van der Waals surface area contributed by atoms with Gasteiger partial charge < -0.3 is 15.1 Å². The lowest BCUT2D eigenvalue weighted by Crippen LogP contribution is -2.34. The number of anilines is 1. The number of thioether (sulfide) groups is 2. The van der Waals surface area contributed by atoms with Crippen molar-refractivity contribution in [3.63, 3.8) is 0 Å². The molecule has 0 saturated carbocycles. The molecule has 5 nitrogen and oxygen atoms in total. The molecule has 2 aliphatic rings. The number of H-pyrrole nitrogens is 2. The molecule has 34 heavy (non-hydrogen) atoms. The molecule has 3 aromatic carbocycles. The topological polar surface area (TPSA) is 60.1 Å². The van der Waals surface area contributed by atoms with Crippen molar-refractivity contribution in [1.82, 2.24) is 15.2 Å². The van der Waals surface area contributed by atoms with Crippen molar-refractivity contribution in [1.29, 1.82) is 0 Å². The van der Waals surface area contributed by atoms with Gasteiger partial charge in [0, 0.05) is 40.5 Å². The molecule has 2 aromatic heterocycles. The molecule has 2 N–H and O–H groups in total. The van der Waals surface area contributed by atoms with Crippen molar-refractivity contribution >= 4 is 62.4 Å². The molecule has 7 rings (SSSR count). The van der Waals surface area contributed by atoms with Crippen LogP contribution in [0.3, 0.4) is 0 Å². The first kappa shape index (κ1) is 20.0. The highest BCUT2D eigenvalue weighted by atomic mass is 32.2. The number of benzene rings is 3. The first-order chi connectivity index (χ1) is 16.8. The number of aromatic nitrogens is 3. The summed E-state index contributed by atoms with van der Waals surface area (Å²) >= 11 is 3.62. The van der Waals surface area contributed by atoms with Gasteiger partial charge in [-0.2, -0.15) is 0 Å². The molecular formula is C27H21N5S2. The van der Waals surface area contributed by atoms with Crippen LogP contribution in [-0.4, -0.2) is 33.7 Å². The summed E-state index contributed by atoms with van der Waals surface area (Å²) in [6.07, 6.45) is 4.16. The molecule has 0 saturated heterocycles. The molecule has 0 amide bonds. The normalized spacial score (nSPS) is 15.2. The quantitative estimate of drug-likeness (QED) is 0.297. The van der Waals surface area contributed by atoms with Crippen LogP contribution >= 0.6 is 23.5 Å². The van der Waals surface area contributed by atoms with Gasteiger partial charge in [0.2, 0.25) is 0 Å². The van der Waals surface area contributed by atoms with Gasteiger partial charge in [0.25, 0.3) is 0 Å². The fraction of sp³-hybridized carbons (Fsp3) is 0.111. The van der Waals surface area contributed by atoms with E-state index in [1.165, 1.54) is 31.3 Å². The van der Waals surface area contributed by atoms with E-state index < -0.39 is 0 Å². The van der Waals surface area contributed by atoms with Crippen LogP contribution < -0.4 is 4.90 Å². The van der Waals surface area contributed by atoms with Crippen molar-refractivity contribution in [2.24, 2.45) is 4.99 Å². The maximum absolute atomic E-state index is 5.22. The van der Waals surface area contributed by atoms with Crippen LogP contribution in [0.5, 0.6) is 0 Å². The van der Waals surface area contributed by atoms with E-state index in [9.17, 15) is 0 Å². The van der Waals surface area contributed by atoms with E-state index in [1.807, 2.05) is 18.0 Å². The number of aromatic amines is 2. The molecule has 0 unspecified atom stereocenters. The van der Waals surface area contributed by atoms with Gasteiger partial charge in [0.1, 0.15) is 5.69 Å². The van der Waals surface area contributed by atoms with E-state index in [1.54, 1.807) is 11.8 Å².